The van der Waals surface area contributed by atoms with Crippen molar-refractivity contribution in [3.05, 3.63) is 54.0 Å². The number of nitrogens with one attached hydrogen (secondary N) is 1. The van der Waals surface area contributed by atoms with Gasteiger partial charge >= 0.3 is 0 Å². The molecular weight excluding hydrogens is 367 g/mol. The first-order chi connectivity index (χ1) is 13.8. The predicted octanol–water partition coefficient (Wildman–Crippen LogP) is 3.99. The Labute approximate surface area is 172 Å². The molecule has 6 heteroatoms. The van der Waals surface area contributed by atoms with Crippen LogP contribution in [0, 0.1) is 11.2 Å². The number of hydrogen-bond donors (Lipinski definition) is 1. The van der Waals surface area contributed by atoms with Crippen molar-refractivity contribution in [1.29, 1.82) is 0 Å². The SMILES string of the molecule is CCNC1CCN(c2ccc(CN(C(=O)C(C)(C)C)c3ccc(F)cc3)cn2)C1. The largest absolute Gasteiger partial charge is 0.355 e. The Morgan fingerprint density at radius 1 is 1.24 bits per heavy atom. The van der Waals surface area contributed by atoms with Crippen LogP contribution < -0.4 is 15.1 Å². The Bertz CT molecular complexity index is 814. The van der Waals surface area contributed by atoms with Gasteiger partial charge < -0.3 is 15.1 Å². The second kappa shape index (κ2) is 8.91. The Morgan fingerprint density at radius 3 is 2.55 bits per heavy atom. The van der Waals surface area contributed by atoms with Crippen molar-refractivity contribution in [2.24, 2.45) is 5.41 Å². The molecule has 1 fully saturated rings. The highest BCUT2D eigenvalue weighted by Crippen LogP contribution is 2.26. The molecule has 5 nitrogen and oxygen atoms in total. The van der Waals surface area contributed by atoms with Gasteiger partial charge in [0.15, 0.2) is 0 Å². The molecule has 1 aromatic heterocycles. The van der Waals surface area contributed by atoms with Crippen LogP contribution in [0.5, 0.6) is 0 Å². The van der Waals surface area contributed by atoms with Crippen LogP contribution in [0.1, 0.15) is 39.7 Å². The van der Waals surface area contributed by atoms with Crippen molar-refractivity contribution in [3.63, 3.8) is 0 Å². The van der Waals surface area contributed by atoms with Gasteiger partial charge in [-0.2, -0.15) is 0 Å². The van der Waals surface area contributed by atoms with Crippen LogP contribution in [-0.4, -0.2) is 36.6 Å². The minimum absolute atomic E-state index is 0.0128. The molecule has 0 aliphatic carbocycles. The summed E-state index contributed by atoms with van der Waals surface area (Å²) in [5.41, 5.74) is 1.08. The molecule has 0 bridgehead atoms. The number of carbonyl (C=O) groups excluding carboxylic acids is 1. The summed E-state index contributed by atoms with van der Waals surface area (Å²) >= 11 is 0. The van der Waals surface area contributed by atoms with E-state index in [0.717, 1.165) is 37.4 Å². The highest BCUT2D eigenvalue weighted by molar-refractivity contribution is 5.96. The average Bonchev–Trinajstić information content (AvgIpc) is 3.15. The summed E-state index contributed by atoms with van der Waals surface area (Å²) in [7, 11) is 0. The van der Waals surface area contributed by atoms with Crippen molar-refractivity contribution in [2.75, 3.05) is 29.4 Å². The molecule has 1 N–H and O–H groups in total. The third-order valence-corrected chi connectivity index (χ3v) is 5.18. The highest BCUT2D eigenvalue weighted by atomic mass is 19.1. The summed E-state index contributed by atoms with van der Waals surface area (Å²) in [6, 6.07) is 10.6. The molecule has 2 heterocycles. The number of nitrogens with zero attached hydrogens (tertiary/aromatic N) is 3. The van der Waals surface area contributed by atoms with E-state index in [9.17, 15) is 9.18 Å². The molecule has 1 aliphatic rings. The van der Waals surface area contributed by atoms with Crippen LogP contribution >= 0.6 is 0 Å². The normalized spacial score (nSPS) is 16.9. The Hall–Kier alpha value is -2.47. The molecule has 0 spiro atoms. The summed E-state index contributed by atoms with van der Waals surface area (Å²) in [4.78, 5) is 21.7. The van der Waals surface area contributed by atoms with Crippen LogP contribution in [0.25, 0.3) is 0 Å². The van der Waals surface area contributed by atoms with E-state index in [2.05, 4.69) is 22.1 Å². The number of rotatable bonds is 6. The highest BCUT2D eigenvalue weighted by Gasteiger charge is 2.29. The fourth-order valence-electron chi connectivity index (χ4n) is 3.61. The first kappa shape index (κ1) is 21.2. The minimum Gasteiger partial charge on any atom is -0.355 e. The van der Waals surface area contributed by atoms with E-state index in [0.29, 0.717) is 18.3 Å². The van der Waals surface area contributed by atoms with Gasteiger partial charge in [-0.1, -0.05) is 33.8 Å². The quantitative estimate of drug-likeness (QED) is 0.799. The second-order valence-electron chi connectivity index (χ2n) is 8.63. The first-order valence-corrected chi connectivity index (χ1v) is 10.3. The lowest BCUT2D eigenvalue weighted by Gasteiger charge is -2.30. The van der Waals surface area contributed by atoms with E-state index >= 15 is 0 Å². The fraction of sp³-hybridized carbons (Fsp3) is 0.478. The molecule has 156 valence electrons. The van der Waals surface area contributed by atoms with E-state index in [1.54, 1.807) is 17.0 Å². The average molecular weight is 399 g/mol. The van der Waals surface area contributed by atoms with Crippen molar-refractivity contribution in [3.8, 4) is 0 Å². The van der Waals surface area contributed by atoms with Gasteiger partial charge in [0.1, 0.15) is 11.6 Å². The predicted molar refractivity (Wildman–Crippen MR) is 116 cm³/mol. The standard InChI is InChI=1S/C23H31FN4O/c1-5-25-19-12-13-27(16-19)21-11-6-17(14-26-21)15-28(22(29)23(2,3)4)20-9-7-18(24)8-10-20/h6-11,14,19,25H,5,12-13,15-16H2,1-4H3. The molecule has 1 saturated heterocycles. The van der Waals surface area contributed by atoms with Gasteiger partial charge in [-0.25, -0.2) is 9.37 Å². The van der Waals surface area contributed by atoms with Gasteiger partial charge in [0.2, 0.25) is 5.91 Å². The van der Waals surface area contributed by atoms with E-state index in [1.807, 2.05) is 39.1 Å². The Balaban J connectivity index is 1.76. The third-order valence-electron chi connectivity index (χ3n) is 5.18. The number of hydrogen-bond acceptors (Lipinski definition) is 4. The molecule has 1 amide bonds. The monoisotopic (exact) mass is 398 g/mol. The Morgan fingerprint density at radius 2 is 1.97 bits per heavy atom. The Kier molecular flexibility index (Phi) is 6.52. The molecule has 0 saturated carbocycles. The molecule has 2 aromatic rings. The topological polar surface area (TPSA) is 48.5 Å². The summed E-state index contributed by atoms with van der Waals surface area (Å²) < 4.78 is 13.4. The number of pyridine rings is 1. The maximum atomic E-state index is 13.4. The maximum absolute atomic E-state index is 13.4. The van der Waals surface area contributed by atoms with E-state index < -0.39 is 5.41 Å². The van der Waals surface area contributed by atoms with Gasteiger partial charge in [0.25, 0.3) is 0 Å². The number of anilines is 2. The van der Waals surface area contributed by atoms with Crippen molar-refractivity contribution < 1.29 is 9.18 Å². The third kappa shape index (κ3) is 5.32. The summed E-state index contributed by atoms with van der Waals surface area (Å²) in [6.45, 7) is 11.1. The van der Waals surface area contributed by atoms with Gasteiger partial charge in [-0.05, 0) is 48.9 Å². The smallest absolute Gasteiger partial charge is 0.232 e. The van der Waals surface area contributed by atoms with Crippen molar-refractivity contribution >= 4 is 17.4 Å². The van der Waals surface area contributed by atoms with Gasteiger partial charge in [-0.3, -0.25) is 4.79 Å². The van der Waals surface area contributed by atoms with E-state index in [1.165, 1.54) is 12.1 Å². The molecule has 1 atom stereocenters. The van der Waals surface area contributed by atoms with Gasteiger partial charge in [0, 0.05) is 36.4 Å². The van der Waals surface area contributed by atoms with Crippen molar-refractivity contribution in [1.82, 2.24) is 10.3 Å². The fourth-order valence-corrected chi connectivity index (χ4v) is 3.61. The number of carbonyl (C=O) groups is 1. The number of benzene rings is 1. The summed E-state index contributed by atoms with van der Waals surface area (Å²) in [5, 5.41) is 3.49. The van der Waals surface area contributed by atoms with Gasteiger partial charge in [-0.15, -0.1) is 0 Å². The van der Waals surface area contributed by atoms with E-state index in [4.69, 9.17) is 0 Å². The molecule has 1 aromatic carbocycles. The summed E-state index contributed by atoms with van der Waals surface area (Å²) in [6.07, 6.45) is 2.96. The second-order valence-corrected chi connectivity index (χ2v) is 8.63. The number of halogens is 1. The minimum atomic E-state index is -0.543. The lowest BCUT2D eigenvalue weighted by atomic mass is 9.94. The number of likely N-dealkylation sites (N-methyl/N-ethyl adjacent to an activating group) is 1. The van der Waals surface area contributed by atoms with Crippen molar-refractivity contribution in [2.45, 2.75) is 46.7 Å². The van der Waals surface area contributed by atoms with Crippen LogP contribution in [0.15, 0.2) is 42.6 Å². The van der Waals surface area contributed by atoms with Gasteiger partial charge in [0.05, 0.1) is 6.54 Å². The van der Waals surface area contributed by atoms with Crippen LogP contribution in [0.2, 0.25) is 0 Å². The molecule has 1 aliphatic heterocycles. The van der Waals surface area contributed by atoms with E-state index in [-0.39, 0.29) is 11.7 Å². The maximum Gasteiger partial charge on any atom is 0.232 e. The zero-order valence-corrected chi connectivity index (χ0v) is 17.8. The van der Waals surface area contributed by atoms with Crippen LogP contribution in [0.3, 0.4) is 0 Å². The molecule has 0 radical (unpaired) electrons. The number of amides is 1. The zero-order valence-electron chi connectivity index (χ0n) is 17.8. The lowest BCUT2D eigenvalue weighted by Crippen LogP contribution is -2.39. The molecule has 3 rings (SSSR count). The molecule has 29 heavy (non-hydrogen) atoms. The molecular formula is C23H31FN4O. The lowest BCUT2D eigenvalue weighted by molar-refractivity contribution is -0.125. The zero-order chi connectivity index (χ0) is 21.0. The molecule has 1 unspecified atom stereocenters. The van der Waals surface area contributed by atoms with Crippen LogP contribution in [0.4, 0.5) is 15.9 Å². The van der Waals surface area contributed by atoms with Crippen LogP contribution in [-0.2, 0) is 11.3 Å². The summed E-state index contributed by atoms with van der Waals surface area (Å²) in [5.74, 6) is 0.634. The first-order valence-electron chi connectivity index (χ1n) is 10.3. The number of aromatic nitrogens is 1.